The van der Waals surface area contributed by atoms with Crippen LogP contribution in [0.2, 0.25) is 0 Å². The molecule has 1 aromatic carbocycles. The van der Waals surface area contributed by atoms with Gasteiger partial charge in [0.2, 0.25) is 5.91 Å². The summed E-state index contributed by atoms with van der Waals surface area (Å²) in [4.78, 5) is 12.8. The van der Waals surface area contributed by atoms with Crippen molar-refractivity contribution in [3.05, 3.63) is 35.9 Å². The first kappa shape index (κ1) is 13.9. The smallest absolute Gasteiger partial charge is 0.329 e. The molecule has 0 spiro atoms. The number of alkyl halides is 3. The van der Waals surface area contributed by atoms with E-state index in [1.807, 2.05) is 0 Å². The van der Waals surface area contributed by atoms with Crippen LogP contribution in [0.5, 0.6) is 0 Å². The van der Waals surface area contributed by atoms with E-state index in [1.165, 1.54) is 0 Å². The molecule has 0 aliphatic heterocycles. The van der Waals surface area contributed by atoms with Gasteiger partial charge in [0.05, 0.1) is 5.92 Å². The Bertz CT molecular complexity index is 447. The van der Waals surface area contributed by atoms with E-state index >= 15 is 0 Å². The lowest BCUT2D eigenvalue weighted by Crippen LogP contribution is -2.40. The van der Waals surface area contributed by atoms with Gasteiger partial charge in [-0.2, -0.15) is 13.2 Å². The Balaban J connectivity index is 2.08. The SMILES string of the molecule is NC1CC1C(=O)N(Cc1ccccc1)CC(F)(F)F. The first-order valence-corrected chi connectivity index (χ1v) is 6.02. The van der Waals surface area contributed by atoms with Gasteiger partial charge in [0.1, 0.15) is 6.54 Å². The van der Waals surface area contributed by atoms with Crippen LogP contribution in [0.25, 0.3) is 0 Å². The standard InChI is InChI=1S/C13H15F3N2O/c14-13(15,16)8-18(12(19)10-6-11(10)17)7-9-4-2-1-3-5-9/h1-5,10-11H,6-8,17H2. The van der Waals surface area contributed by atoms with Gasteiger partial charge in [-0.3, -0.25) is 4.79 Å². The Kier molecular flexibility index (Phi) is 3.80. The molecule has 0 bridgehead atoms. The summed E-state index contributed by atoms with van der Waals surface area (Å²) in [6.45, 7) is -1.27. The van der Waals surface area contributed by atoms with Crippen molar-refractivity contribution in [2.45, 2.75) is 25.2 Å². The third-order valence-corrected chi connectivity index (χ3v) is 3.06. The highest BCUT2D eigenvalue weighted by molar-refractivity contribution is 5.82. The molecule has 2 atom stereocenters. The topological polar surface area (TPSA) is 46.3 Å². The summed E-state index contributed by atoms with van der Waals surface area (Å²) >= 11 is 0. The molecule has 0 radical (unpaired) electrons. The minimum atomic E-state index is -4.40. The molecule has 6 heteroatoms. The zero-order valence-corrected chi connectivity index (χ0v) is 10.2. The van der Waals surface area contributed by atoms with Crippen molar-refractivity contribution < 1.29 is 18.0 Å². The quantitative estimate of drug-likeness (QED) is 0.910. The van der Waals surface area contributed by atoms with Crippen LogP contribution in [0.1, 0.15) is 12.0 Å². The molecule has 1 aromatic rings. The normalized spacial score (nSPS) is 22.1. The van der Waals surface area contributed by atoms with Crippen LogP contribution in [0, 0.1) is 5.92 Å². The van der Waals surface area contributed by atoms with Crippen LogP contribution in [0.3, 0.4) is 0 Å². The van der Waals surface area contributed by atoms with Crippen molar-refractivity contribution in [2.75, 3.05) is 6.54 Å². The fourth-order valence-corrected chi connectivity index (χ4v) is 1.97. The second-order valence-electron chi connectivity index (χ2n) is 4.80. The van der Waals surface area contributed by atoms with E-state index in [2.05, 4.69) is 0 Å². The zero-order chi connectivity index (χ0) is 14.0. The van der Waals surface area contributed by atoms with E-state index in [-0.39, 0.29) is 12.6 Å². The lowest BCUT2D eigenvalue weighted by Gasteiger charge is -2.24. The molecule has 0 heterocycles. The molecule has 3 nitrogen and oxygen atoms in total. The van der Waals surface area contributed by atoms with Crippen LogP contribution >= 0.6 is 0 Å². The van der Waals surface area contributed by atoms with E-state index in [0.717, 1.165) is 4.90 Å². The Morgan fingerprint density at radius 2 is 1.89 bits per heavy atom. The van der Waals surface area contributed by atoms with Gasteiger partial charge in [0, 0.05) is 12.6 Å². The molecular formula is C13H15F3N2O. The number of amides is 1. The second-order valence-corrected chi connectivity index (χ2v) is 4.80. The van der Waals surface area contributed by atoms with Crippen LogP contribution in [-0.2, 0) is 11.3 Å². The maximum atomic E-state index is 12.5. The van der Waals surface area contributed by atoms with Crippen molar-refractivity contribution in [3.63, 3.8) is 0 Å². The lowest BCUT2D eigenvalue weighted by molar-refractivity contribution is -0.163. The highest BCUT2D eigenvalue weighted by Crippen LogP contribution is 2.31. The predicted octanol–water partition coefficient (Wildman–Crippen LogP) is 1.92. The van der Waals surface area contributed by atoms with Crippen LogP contribution in [0.4, 0.5) is 13.2 Å². The Labute approximate surface area is 109 Å². The van der Waals surface area contributed by atoms with Crippen molar-refractivity contribution in [2.24, 2.45) is 11.7 Å². The third kappa shape index (κ3) is 3.96. The summed E-state index contributed by atoms with van der Waals surface area (Å²) in [5.74, 6) is -0.959. The molecule has 0 saturated heterocycles. The summed E-state index contributed by atoms with van der Waals surface area (Å²) < 4.78 is 37.6. The van der Waals surface area contributed by atoms with Gasteiger partial charge in [-0.25, -0.2) is 0 Å². The first-order valence-electron chi connectivity index (χ1n) is 6.02. The fraction of sp³-hybridized carbons (Fsp3) is 0.462. The molecule has 2 rings (SSSR count). The molecule has 1 fully saturated rings. The third-order valence-electron chi connectivity index (χ3n) is 3.06. The number of nitrogens with two attached hydrogens (primary N) is 1. The maximum absolute atomic E-state index is 12.5. The number of nitrogens with zero attached hydrogens (tertiary/aromatic N) is 1. The van der Waals surface area contributed by atoms with Gasteiger partial charge in [-0.05, 0) is 12.0 Å². The number of hydrogen-bond acceptors (Lipinski definition) is 2. The van der Waals surface area contributed by atoms with Crippen molar-refractivity contribution in [1.29, 1.82) is 0 Å². The van der Waals surface area contributed by atoms with Gasteiger partial charge < -0.3 is 10.6 Å². The number of halogens is 3. The summed E-state index contributed by atoms with van der Waals surface area (Å²) in [6.07, 6.45) is -3.93. The molecule has 0 aromatic heterocycles. The summed E-state index contributed by atoms with van der Waals surface area (Å²) in [5.41, 5.74) is 6.21. The monoisotopic (exact) mass is 272 g/mol. The molecule has 1 amide bonds. The Hall–Kier alpha value is -1.56. The summed E-state index contributed by atoms with van der Waals surface area (Å²) in [5, 5.41) is 0. The number of rotatable bonds is 4. The number of hydrogen-bond donors (Lipinski definition) is 1. The molecule has 19 heavy (non-hydrogen) atoms. The summed E-state index contributed by atoms with van der Waals surface area (Å²) in [6, 6.07) is 8.34. The molecule has 104 valence electrons. The van der Waals surface area contributed by atoms with E-state index in [0.29, 0.717) is 12.0 Å². The largest absolute Gasteiger partial charge is 0.406 e. The molecule has 2 unspecified atom stereocenters. The molecular weight excluding hydrogens is 257 g/mol. The van der Waals surface area contributed by atoms with Crippen molar-refractivity contribution in [3.8, 4) is 0 Å². The van der Waals surface area contributed by atoms with E-state index < -0.39 is 24.5 Å². The molecule has 1 aliphatic carbocycles. The number of carbonyl (C=O) groups is 1. The average Bonchev–Trinajstić information content (AvgIpc) is 3.04. The Morgan fingerprint density at radius 3 is 2.37 bits per heavy atom. The van der Waals surface area contributed by atoms with Crippen LogP contribution < -0.4 is 5.73 Å². The minimum Gasteiger partial charge on any atom is -0.329 e. The highest BCUT2D eigenvalue weighted by atomic mass is 19.4. The zero-order valence-electron chi connectivity index (χ0n) is 10.2. The molecule has 1 aliphatic rings. The predicted molar refractivity (Wildman–Crippen MR) is 64.0 cm³/mol. The lowest BCUT2D eigenvalue weighted by atomic mass is 10.2. The first-order chi connectivity index (χ1) is 8.87. The van der Waals surface area contributed by atoms with Crippen LogP contribution in [-0.4, -0.2) is 29.6 Å². The van der Waals surface area contributed by atoms with Gasteiger partial charge in [-0.15, -0.1) is 0 Å². The maximum Gasteiger partial charge on any atom is 0.406 e. The van der Waals surface area contributed by atoms with Crippen molar-refractivity contribution >= 4 is 5.91 Å². The number of benzene rings is 1. The van der Waals surface area contributed by atoms with E-state index in [4.69, 9.17) is 5.73 Å². The highest BCUT2D eigenvalue weighted by Gasteiger charge is 2.44. The van der Waals surface area contributed by atoms with Gasteiger partial charge in [0.25, 0.3) is 0 Å². The summed E-state index contributed by atoms with van der Waals surface area (Å²) in [7, 11) is 0. The second kappa shape index (κ2) is 5.21. The molecule has 2 N–H and O–H groups in total. The van der Waals surface area contributed by atoms with E-state index in [9.17, 15) is 18.0 Å². The van der Waals surface area contributed by atoms with Gasteiger partial charge >= 0.3 is 6.18 Å². The fourth-order valence-electron chi connectivity index (χ4n) is 1.97. The minimum absolute atomic E-state index is 0.0393. The molecule has 1 saturated carbocycles. The van der Waals surface area contributed by atoms with Crippen molar-refractivity contribution in [1.82, 2.24) is 4.90 Å². The van der Waals surface area contributed by atoms with Gasteiger partial charge in [0.15, 0.2) is 0 Å². The van der Waals surface area contributed by atoms with Gasteiger partial charge in [-0.1, -0.05) is 30.3 Å². The number of carbonyl (C=O) groups excluding carboxylic acids is 1. The van der Waals surface area contributed by atoms with E-state index in [1.54, 1.807) is 30.3 Å². The Morgan fingerprint density at radius 1 is 1.32 bits per heavy atom. The van der Waals surface area contributed by atoms with Crippen LogP contribution in [0.15, 0.2) is 30.3 Å². The average molecular weight is 272 g/mol.